The quantitative estimate of drug-likeness (QED) is 0.677. The predicted octanol–water partition coefficient (Wildman–Crippen LogP) is 4.24. The van der Waals surface area contributed by atoms with Gasteiger partial charge < -0.3 is 5.32 Å². The van der Waals surface area contributed by atoms with Crippen molar-refractivity contribution < 1.29 is 4.79 Å². The molecule has 4 aliphatic rings. The summed E-state index contributed by atoms with van der Waals surface area (Å²) in [5.74, 6) is 1.96. The van der Waals surface area contributed by atoms with Crippen molar-refractivity contribution in [3.05, 3.63) is 31.7 Å². The fourth-order valence-electron chi connectivity index (χ4n) is 5.59. The number of rotatable bonds is 7. The van der Waals surface area contributed by atoms with Gasteiger partial charge in [0.2, 0.25) is 5.91 Å². The van der Waals surface area contributed by atoms with E-state index in [0.717, 1.165) is 41.1 Å². The molecule has 1 aliphatic heterocycles. The summed E-state index contributed by atoms with van der Waals surface area (Å²) in [5, 5.41) is 5.76. The maximum absolute atomic E-state index is 12.3. The van der Waals surface area contributed by atoms with Crippen molar-refractivity contribution in [2.45, 2.75) is 82.7 Å². The highest BCUT2D eigenvalue weighted by Gasteiger charge is 2.72. The number of amides is 1. The zero-order valence-electron chi connectivity index (χ0n) is 18.4. The summed E-state index contributed by atoms with van der Waals surface area (Å²) in [6.45, 7) is 5.45. The first-order valence-electron chi connectivity index (χ1n) is 12.0. The van der Waals surface area contributed by atoms with E-state index in [2.05, 4.69) is 15.2 Å². The second kappa shape index (κ2) is 7.92. The minimum atomic E-state index is 0.155. The first-order chi connectivity index (χ1) is 15.1. The Morgan fingerprint density at radius 2 is 2.06 bits per heavy atom. The Bertz CT molecular complexity index is 968. The average Bonchev–Trinajstić information content (AvgIpc) is 3.51. The van der Waals surface area contributed by atoms with Crippen molar-refractivity contribution in [3.8, 4) is 0 Å². The smallest absolute Gasteiger partial charge is 0.225 e. The van der Waals surface area contributed by atoms with E-state index in [9.17, 15) is 4.79 Å². The summed E-state index contributed by atoms with van der Waals surface area (Å²) in [6, 6.07) is 0.358. The summed E-state index contributed by atoms with van der Waals surface area (Å²) in [7, 11) is 0. The largest absolute Gasteiger partial charge is 0.353 e. The highest BCUT2D eigenvalue weighted by molar-refractivity contribution is 7.12. The Labute approximate surface area is 192 Å². The summed E-state index contributed by atoms with van der Waals surface area (Å²) < 4.78 is 0. The van der Waals surface area contributed by atoms with Crippen LogP contribution in [0.4, 0.5) is 0 Å². The van der Waals surface area contributed by atoms with Crippen LogP contribution < -0.4 is 5.32 Å². The van der Waals surface area contributed by atoms with Gasteiger partial charge >= 0.3 is 0 Å². The second-order valence-electron chi connectivity index (χ2n) is 10.3. The number of hydrogen-bond donors (Lipinski definition) is 1. The van der Waals surface area contributed by atoms with Gasteiger partial charge in [-0.3, -0.25) is 9.69 Å². The van der Waals surface area contributed by atoms with Crippen LogP contribution in [0, 0.1) is 18.8 Å². The normalized spacial score (nSPS) is 31.7. The number of fused-ring (bicyclic) bond motifs is 2. The molecule has 166 valence electrons. The first kappa shape index (κ1) is 20.3. The molecule has 5 nitrogen and oxygen atoms in total. The van der Waals surface area contributed by atoms with Crippen LogP contribution in [-0.2, 0) is 29.6 Å². The van der Waals surface area contributed by atoms with Gasteiger partial charge in [0.25, 0.3) is 0 Å². The molecule has 3 saturated carbocycles. The molecule has 2 aromatic rings. The highest BCUT2D eigenvalue weighted by atomic mass is 32.1. The Balaban J connectivity index is 0.923. The van der Waals surface area contributed by atoms with Crippen LogP contribution in [0.3, 0.4) is 0 Å². The van der Waals surface area contributed by atoms with Crippen LogP contribution in [0.15, 0.2) is 6.20 Å². The van der Waals surface area contributed by atoms with Gasteiger partial charge in [-0.15, -0.1) is 22.7 Å². The molecule has 1 amide bonds. The number of thiazole rings is 2. The monoisotopic (exact) mass is 456 g/mol. The molecular weight excluding hydrogens is 424 g/mol. The van der Waals surface area contributed by atoms with Gasteiger partial charge in [0.05, 0.1) is 22.1 Å². The van der Waals surface area contributed by atoms with Crippen LogP contribution in [-0.4, -0.2) is 39.9 Å². The van der Waals surface area contributed by atoms with Crippen molar-refractivity contribution in [1.82, 2.24) is 20.2 Å². The summed E-state index contributed by atoms with van der Waals surface area (Å²) in [5.41, 5.74) is 1.96. The van der Waals surface area contributed by atoms with E-state index in [1.54, 1.807) is 16.2 Å². The first-order valence-corrected chi connectivity index (χ1v) is 13.6. The van der Waals surface area contributed by atoms with Crippen LogP contribution >= 0.6 is 22.7 Å². The number of carbonyl (C=O) groups excluding carboxylic acids is 1. The Morgan fingerprint density at radius 1 is 1.26 bits per heavy atom. The molecule has 0 saturated heterocycles. The predicted molar refractivity (Wildman–Crippen MR) is 125 cm³/mol. The molecule has 3 fully saturated rings. The molecule has 3 aliphatic carbocycles. The lowest BCUT2D eigenvalue weighted by Crippen LogP contribution is -2.39. The SMILES string of the molecule is Cc1ncc(CC(=O)NC2CCC(CCN3CCc4sc(C56CC5C6)nc4C3)CC2)s1. The topological polar surface area (TPSA) is 58.1 Å². The molecule has 0 aromatic carbocycles. The van der Waals surface area contributed by atoms with E-state index in [1.807, 2.05) is 24.5 Å². The Morgan fingerprint density at radius 3 is 2.77 bits per heavy atom. The van der Waals surface area contributed by atoms with Crippen molar-refractivity contribution >= 4 is 28.6 Å². The number of hydrogen-bond acceptors (Lipinski definition) is 6. The second-order valence-corrected chi connectivity index (χ2v) is 12.7. The van der Waals surface area contributed by atoms with Crippen molar-refractivity contribution in [2.24, 2.45) is 11.8 Å². The zero-order valence-corrected chi connectivity index (χ0v) is 20.0. The van der Waals surface area contributed by atoms with Gasteiger partial charge in [-0.2, -0.15) is 0 Å². The molecule has 0 spiro atoms. The lowest BCUT2D eigenvalue weighted by molar-refractivity contribution is -0.121. The summed E-state index contributed by atoms with van der Waals surface area (Å²) in [6.07, 6.45) is 12.4. The number of nitrogens with one attached hydrogen (secondary N) is 1. The van der Waals surface area contributed by atoms with E-state index in [-0.39, 0.29) is 5.91 Å². The van der Waals surface area contributed by atoms with E-state index in [0.29, 0.717) is 17.9 Å². The molecular formula is C24H32N4OS2. The van der Waals surface area contributed by atoms with Crippen molar-refractivity contribution in [3.63, 3.8) is 0 Å². The minimum Gasteiger partial charge on any atom is -0.353 e. The van der Waals surface area contributed by atoms with Crippen LogP contribution in [0.25, 0.3) is 0 Å². The fraction of sp³-hybridized carbons (Fsp3) is 0.708. The van der Waals surface area contributed by atoms with E-state index in [4.69, 9.17) is 4.98 Å². The van der Waals surface area contributed by atoms with Crippen LogP contribution in [0.2, 0.25) is 0 Å². The molecule has 31 heavy (non-hydrogen) atoms. The maximum Gasteiger partial charge on any atom is 0.225 e. The molecule has 0 bridgehead atoms. The third-order valence-electron chi connectivity index (χ3n) is 7.98. The average molecular weight is 457 g/mol. The van der Waals surface area contributed by atoms with E-state index < -0.39 is 0 Å². The number of carbonyl (C=O) groups is 1. The molecule has 6 rings (SSSR count). The molecule has 0 unspecified atom stereocenters. The maximum atomic E-state index is 12.3. The van der Waals surface area contributed by atoms with Gasteiger partial charge in [-0.25, -0.2) is 9.97 Å². The van der Waals surface area contributed by atoms with E-state index in [1.165, 1.54) is 62.3 Å². The highest BCUT2D eigenvalue weighted by Crippen LogP contribution is 2.76. The van der Waals surface area contributed by atoms with Gasteiger partial charge in [0.15, 0.2) is 0 Å². The lowest BCUT2D eigenvalue weighted by atomic mass is 9.84. The zero-order chi connectivity index (χ0) is 21.0. The van der Waals surface area contributed by atoms with E-state index >= 15 is 0 Å². The molecule has 1 N–H and O–H groups in total. The summed E-state index contributed by atoms with van der Waals surface area (Å²) >= 11 is 3.65. The number of aromatic nitrogens is 2. The van der Waals surface area contributed by atoms with Crippen LogP contribution in [0.1, 0.15) is 70.4 Å². The molecule has 7 heteroatoms. The van der Waals surface area contributed by atoms with Gasteiger partial charge in [0.1, 0.15) is 0 Å². The van der Waals surface area contributed by atoms with Crippen LogP contribution in [0.5, 0.6) is 0 Å². The molecule has 0 radical (unpaired) electrons. The molecule has 3 heterocycles. The van der Waals surface area contributed by atoms with Crippen molar-refractivity contribution in [2.75, 3.05) is 13.1 Å². The Hall–Kier alpha value is -1.31. The molecule has 0 atom stereocenters. The third-order valence-corrected chi connectivity index (χ3v) is 10.3. The number of aryl methyl sites for hydroxylation is 1. The Kier molecular flexibility index (Phi) is 5.19. The molecule has 2 aromatic heterocycles. The van der Waals surface area contributed by atoms with Gasteiger partial charge in [0, 0.05) is 40.5 Å². The van der Waals surface area contributed by atoms with Crippen molar-refractivity contribution in [1.29, 1.82) is 0 Å². The van der Waals surface area contributed by atoms with Gasteiger partial charge in [-0.05, 0) is 76.7 Å². The third kappa shape index (κ3) is 4.21. The lowest BCUT2D eigenvalue weighted by Gasteiger charge is -2.32. The van der Waals surface area contributed by atoms with Gasteiger partial charge in [-0.1, -0.05) is 0 Å². The fourth-order valence-corrected chi connectivity index (χ4v) is 7.73. The standard InChI is InChI=1S/C24H32N4OS2/c1-15-25-13-19(30-15)10-22(29)26-18-4-2-16(3-5-18)6-8-28-9-7-21-20(14-28)27-23(31-21)24-11-17(24)12-24/h13,16-18H,2-12,14H2,1H3,(H,26,29). The number of nitrogens with zero attached hydrogens (tertiary/aromatic N) is 3. The minimum absolute atomic E-state index is 0.155. The summed E-state index contributed by atoms with van der Waals surface area (Å²) in [4.78, 5) is 26.9.